The van der Waals surface area contributed by atoms with Crippen LogP contribution >= 0.6 is 0 Å². The number of phenols is 2. The lowest BCUT2D eigenvalue weighted by Crippen LogP contribution is -2.21. The van der Waals surface area contributed by atoms with E-state index in [-0.39, 0.29) is 24.0 Å². The summed E-state index contributed by atoms with van der Waals surface area (Å²) < 4.78 is 0. The van der Waals surface area contributed by atoms with Crippen molar-refractivity contribution in [1.29, 1.82) is 0 Å². The smallest absolute Gasteiger partial charge is 0.127 e. The normalized spacial score (nSPS) is 19.1. The molecule has 31 heavy (non-hydrogen) atoms. The largest absolute Gasteiger partial charge is 0.507 e. The van der Waals surface area contributed by atoms with E-state index in [4.69, 9.17) is 5.11 Å². The maximum atomic E-state index is 11.4. The van der Waals surface area contributed by atoms with Crippen LogP contribution in [0.25, 0.3) is 17.2 Å². The Balaban J connectivity index is 2.21. The molecule has 3 heteroatoms. The first kappa shape index (κ1) is 22.9. The molecule has 2 aromatic carbocycles. The van der Waals surface area contributed by atoms with Crippen molar-refractivity contribution in [3.63, 3.8) is 0 Å². The minimum Gasteiger partial charge on any atom is -0.507 e. The Morgan fingerprint density at radius 3 is 2.58 bits per heavy atom. The highest BCUT2D eigenvalue weighted by atomic mass is 16.3. The van der Waals surface area contributed by atoms with Gasteiger partial charge in [-0.1, -0.05) is 55.9 Å². The molecule has 1 aliphatic carbocycles. The second-order valence-electron chi connectivity index (χ2n) is 8.92. The zero-order valence-corrected chi connectivity index (χ0v) is 18.8. The molecule has 0 saturated heterocycles. The van der Waals surface area contributed by atoms with Gasteiger partial charge < -0.3 is 15.3 Å². The summed E-state index contributed by atoms with van der Waals surface area (Å²) in [5.74, 6) is 1.44. The van der Waals surface area contributed by atoms with Crippen molar-refractivity contribution >= 4 is 6.08 Å². The van der Waals surface area contributed by atoms with Crippen molar-refractivity contribution < 1.29 is 15.3 Å². The second kappa shape index (κ2) is 10.0. The molecule has 3 nitrogen and oxygen atoms in total. The van der Waals surface area contributed by atoms with Gasteiger partial charge in [0.05, 0.1) is 6.61 Å². The first-order chi connectivity index (χ1) is 14.8. The summed E-state index contributed by atoms with van der Waals surface area (Å²) in [7, 11) is 0. The van der Waals surface area contributed by atoms with Gasteiger partial charge in [0.25, 0.3) is 0 Å². The van der Waals surface area contributed by atoms with E-state index in [0.717, 1.165) is 29.5 Å². The summed E-state index contributed by atoms with van der Waals surface area (Å²) >= 11 is 0. The topological polar surface area (TPSA) is 60.7 Å². The Bertz CT molecular complexity index is 998. The fourth-order valence-electron chi connectivity index (χ4n) is 4.68. The average molecular weight is 419 g/mol. The number of aliphatic hydroxyl groups is 1. The highest BCUT2D eigenvalue weighted by Crippen LogP contribution is 2.47. The van der Waals surface area contributed by atoms with E-state index in [2.05, 4.69) is 39.5 Å². The van der Waals surface area contributed by atoms with Crippen molar-refractivity contribution in [3.8, 4) is 22.6 Å². The number of rotatable bonds is 7. The van der Waals surface area contributed by atoms with E-state index >= 15 is 0 Å². The second-order valence-corrected chi connectivity index (χ2v) is 8.92. The summed E-state index contributed by atoms with van der Waals surface area (Å²) in [6.45, 7) is 10.5. The molecule has 2 aromatic rings. The van der Waals surface area contributed by atoms with Crippen molar-refractivity contribution in [2.45, 2.75) is 46.0 Å². The summed E-state index contributed by atoms with van der Waals surface area (Å²) in [6, 6.07) is 9.31. The summed E-state index contributed by atoms with van der Waals surface area (Å²) in [5.41, 5.74) is 5.41. The van der Waals surface area contributed by atoms with Crippen molar-refractivity contribution in [1.82, 2.24) is 0 Å². The van der Waals surface area contributed by atoms with Crippen LogP contribution in [-0.2, 0) is 6.42 Å². The molecule has 1 aliphatic rings. The van der Waals surface area contributed by atoms with E-state index < -0.39 is 0 Å². The number of aliphatic hydroxyl groups excluding tert-OH is 1. The number of aromatic hydroxyl groups is 2. The number of phenolic OH excluding ortho intramolecular Hbond substituents is 2. The molecule has 0 aliphatic heterocycles. The molecule has 0 saturated carbocycles. The van der Waals surface area contributed by atoms with Crippen LogP contribution in [0.3, 0.4) is 0 Å². The highest BCUT2D eigenvalue weighted by molar-refractivity contribution is 5.79. The predicted molar refractivity (Wildman–Crippen MR) is 129 cm³/mol. The third kappa shape index (κ3) is 5.11. The van der Waals surface area contributed by atoms with Gasteiger partial charge in [-0.05, 0) is 67.3 Å². The fraction of sp³-hybridized carbons (Fsp3) is 0.357. The van der Waals surface area contributed by atoms with Gasteiger partial charge in [-0.2, -0.15) is 0 Å². The molecule has 0 radical (unpaired) electrons. The van der Waals surface area contributed by atoms with Crippen LogP contribution in [-0.4, -0.2) is 21.9 Å². The van der Waals surface area contributed by atoms with Crippen LogP contribution in [0.2, 0.25) is 0 Å². The van der Waals surface area contributed by atoms with Gasteiger partial charge in [-0.15, -0.1) is 6.58 Å². The van der Waals surface area contributed by atoms with Gasteiger partial charge in [0.2, 0.25) is 0 Å². The predicted octanol–water partition coefficient (Wildman–Crippen LogP) is 6.59. The van der Waals surface area contributed by atoms with E-state index in [1.54, 1.807) is 24.3 Å². The van der Waals surface area contributed by atoms with Crippen LogP contribution in [0, 0.1) is 11.8 Å². The van der Waals surface area contributed by atoms with Gasteiger partial charge in [0.15, 0.2) is 0 Å². The molecule has 3 N–H and O–H groups in total. The Morgan fingerprint density at radius 2 is 1.90 bits per heavy atom. The molecule has 3 rings (SSSR count). The van der Waals surface area contributed by atoms with Gasteiger partial charge in [-0.25, -0.2) is 0 Å². The van der Waals surface area contributed by atoms with Crippen molar-refractivity contribution in [3.05, 3.63) is 77.4 Å². The number of hydrogen-bond donors (Lipinski definition) is 3. The Hall–Kier alpha value is -2.78. The van der Waals surface area contributed by atoms with Gasteiger partial charge in [0.1, 0.15) is 11.5 Å². The maximum Gasteiger partial charge on any atom is 0.127 e. The average Bonchev–Trinajstić information content (AvgIpc) is 2.74. The number of hydrogen-bond acceptors (Lipinski definition) is 3. The Labute approximate surface area is 186 Å². The molecule has 0 aromatic heterocycles. The molecule has 0 heterocycles. The lowest BCUT2D eigenvalue weighted by atomic mass is 9.71. The molecule has 164 valence electrons. The number of allylic oxidation sites excluding steroid dienone is 3. The Morgan fingerprint density at radius 1 is 1.13 bits per heavy atom. The van der Waals surface area contributed by atoms with Crippen molar-refractivity contribution in [2.75, 3.05) is 6.61 Å². The minimum absolute atomic E-state index is 0.0512. The molecule has 0 unspecified atom stereocenters. The molecular weight excluding hydrogens is 384 g/mol. The van der Waals surface area contributed by atoms with E-state index in [9.17, 15) is 10.2 Å². The maximum absolute atomic E-state index is 11.4. The van der Waals surface area contributed by atoms with Gasteiger partial charge >= 0.3 is 0 Å². The first-order valence-electron chi connectivity index (χ1n) is 11.1. The molecule has 0 spiro atoms. The molecule has 0 amide bonds. The third-order valence-corrected chi connectivity index (χ3v) is 6.32. The molecular formula is C28H34O3. The molecule has 0 bridgehead atoms. The van der Waals surface area contributed by atoms with Crippen LogP contribution in [0.1, 0.15) is 56.2 Å². The molecule has 0 fully saturated rings. The van der Waals surface area contributed by atoms with E-state index in [1.807, 2.05) is 18.2 Å². The zero-order chi connectivity index (χ0) is 22.5. The summed E-state index contributed by atoms with van der Waals surface area (Å²) in [5, 5.41) is 31.2. The fourth-order valence-corrected chi connectivity index (χ4v) is 4.68. The van der Waals surface area contributed by atoms with Gasteiger partial charge in [0, 0.05) is 22.6 Å². The lowest BCUT2D eigenvalue weighted by molar-refractivity contribution is 0.310. The van der Waals surface area contributed by atoms with E-state index in [1.165, 1.54) is 5.57 Å². The number of benzene rings is 2. The third-order valence-electron chi connectivity index (χ3n) is 6.32. The Kier molecular flexibility index (Phi) is 7.40. The standard InChI is InChI=1S/C28H34O3/c1-5-7-21-16-25(23-14-19(4)9-11-22(23)18(2)3)28(31)26(17-21)24-15-20(8-6-13-29)10-12-27(24)30/h5-6,8,10,12,14-18,22-23,29-31H,1,7,9,11,13H2,2-4H3/b8-6+/t22-,23+/m0/s1. The molecule has 2 atom stereocenters. The van der Waals surface area contributed by atoms with Crippen LogP contribution in [0.15, 0.2) is 60.7 Å². The van der Waals surface area contributed by atoms with Crippen LogP contribution < -0.4 is 0 Å². The SMILES string of the molecule is C=CCc1cc(-c2cc(/C=C/CO)ccc2O)c(O)c([C@@H]2C=C(C)CC[C@H]2C(C)C)c1. The van der Waals surface area contributed by atoms with Gasteiger partial charge in [-0.3, -0.25) is 0 Å². The van der Waals surface area contributed by atoms with Crippen LogP contribution in [0.5, 0.6) is 11.5 Å². The lowest BCUT2D eigenvalue weighted by Gasteiger charge is -2.34. The minimum atomic E-state index is -0.0512. The van der Waals surface area contributed by atoms with Crippen LogP contribution in [0.4, 0.5) is 0 Å². The summed E-state index contributed by atoms with van der Waals surface area (Å²) in [4.78, 5) is 0. The van der Waals surface area contributed by atoms with Crippen molar-refractivity contribution in [2.24, 2.45) is 11.8 Å². The quantitative estimate of drug-likeness (QED) is 0.444. The zero-order valence-electron chi connectivity index (χ0n) is 18.8. The first-order valence-corrected chi connectivity index (χ1v) is 11.1. The van der Waals surface area contributed by atoms with E-state index in [0.29, 0.717) is 29.4 Å². The monoisotopic (exact) mass is 418 g/mol. The summed E-state index contributed by atoms with van der Waals surface area (Å²) in [6.07, 6.45) is 10.5. The highest BCUT2D eigenvalue weighted by Gasteiger charge is 2.30.